The average molecular weight is 374 g/mol. The molecule has 3 aliphatic rings. The third-order valence-electron chi connectivity index (χ3n) is 5.46. The van der Waals surface area contributed by atoms with Crippen LogP contribution in [0.5, 0.6) is 0 Å². The minimum absolute atomic E-state index is 0.0285. The van der Waals surface area contributed by atoms with Crippen LogP contribution < -0.4 is 10.2 Å². The number of aromatic nitrogens is 2. The second kappa shape index (κ2) is 7.67. The number of likely N-dealkylation sites (tertiary alicyclic amines) is 1. The van der Waals surface area contributed by atoms with Crippen LogP contribution in [0.25, 0.3) is 0 Å². The zero-order valence-corrected chi connectivity index (χ0v) is 15.6. The van der Waals surface area contributed by atoms with Gasteiger partial charge in [0, 0.05) is 39.4 Å². The molecule has 4 rings (SSSR count). The van der Waals surface area contributed by atoms with Gasteiger partial charge in [-0.25, -0.2) is 14.8 Å². The van der Waals surface area contributed by atoms with Crippen molar-refractivity contribution >= 4 is 17.9 Å². The fourth-order valence-electron chi connectivity index (χ4n) is 3.82. The number of hydrogen-bond donors (Lipinski definition) is 1. The van der Waals surface area contributed by atoms with Gasteiger partial charge in [-0.2, -0.15) is 0 Å². The van der Waals surface area contributed by atoms with Crippen LogP contribution in [0.3, 0.4) is 0 Å². The Labute approximate surface area is 158 Å². The molecule has 9 nitrogen and oxygen atoms in total. The lowest BCUT2D eigenvalue weighted by atomic mass is 10.2. The number of anilines is 1. The summed E-state index contributed by atoms with van der Waals surface area (Å²) in [5, 5.41) is 2.86. The molecular formula is C18H26N6O3. The zero-order chi connectivity index (χ0) is 18.8. The van der Waals surface area contributed by atoms with Crippen LogP contribution in [0.1, 0.15) is 31.1 Å². The number of nitrogens with one attached hydrogen (secondary N) is 1. The summed E-state index contributed by atoms with van der Waals surface area (Å²) in [6.45, 7) is 4.00. The Morgan fingerprint density at radius 1 is 1.26 bits per heavy atom. The number of urea groups is 1. The summed E-state index contributed by atoms with van der Waals surface area (Å²) in [6.07, 6.45) is 4.45. The highest BCUT2D eigenvalue weighted by molar-refractivity contribution is 5.88. The Morgan fingerprint density at radius 3 is 2.81 bits per heavy atom. The maximum absolute atomic E-state index is 12.6. The lowest BCUT2D eigenvalue weighted by Crippen LogP contribution is -2.51. The van der Waals surface area contributed by atoms with Gasteiger partial charge in [-0.1, -0.05) is 0 Å². The van der Waals surface area contributed by atoms with Crippen LogP contribution in [0.15, 0.2) is 12.3 Å². The Bertz CT molecular complexity index is 708. The van der Waals surface area contributed by atoms with E-state index in [0.29, 0.717) is 32.7 Å². The van der Waals surface area contributed by atoms with Crippen molar-refractivity contribution in [2.24, 2.45) is 0 Å². The van der Waals surface area contributed by atoms with E-state index in [1.54, 1.807) is 23.0 Å². The highest BCUT2D eigenvalue weighted by Crippen LogP contribution is 2.23. The topological polar surface area (TPSA) is 90.9 Å². The molecule has 1 N–H and O–H groups in total. The molecule has 1 aromatic rings. The lowest BCUT2D eigenvalue weighted by molar-refractivity contribution is -0.128. The summed E-state index contributed by atoms with van der Waals surface area (Å²) in [5.74, 6) is 0.703. The summed E-state index contributed by atoms with van der Waals surface area (Å²) in [5.41, 5.74) is 0.793. The van der Waals surface area contributed by atoms with Crippen LogP contribution in [0.4, 0.5) is 10.7 Å². The minimum Gasteiger partial charge on any atom is -0.368 e. The van der Waals surface area contributed by atoms with Crippen LogP contribution >= 0.6 is 0 Å². The average Bonchev–Trinajstić information content (AvgIpc) is 3.34. The number of rotatable bonds is 3. The highest BCUT2D eigenvalue weighted by atomic mass is 16.5. The fourth-order valence-corrected chi connectivity index (χ4v) is 3.82. The zero-order valence-electron chi connectivity index (χ0n) is 15.6. The maximum atomic E-state index is 12.6. The van der Waals surface area contributed by atoms with E-state index in [2.05, 4.69) is 20.2 Å². The van der Waals surface area contributed by atoms with Gasteiger partial charge < -0.3 is 24.8 Å². The van der Waals surface area contributed by atoms with Crippen molar-refractivity contribution in [3.63, 3.8) is 0 Å². The van der Waals surface area contributed by atoms with Crippen LogP contribution in [0, 0.1) is 0 Å². The highest BCUT2D eigenvalue weighted by Gasteiger charge is 2.33. The van der Waals surface area contributed by atoms with Gasteiger partial charge in [0.05, 0.1) is 18.8 Å². The van der Waals surface area contributed by atoms with Crippen molar-refractivity contribution in [3.05, 3.63) is 18.0 Å². The standard InChI is InChI=1S/C18H26N6O3/c1-22-9-5-14(16(22)25)21-18(26)24-10-11-27-15(12-24)13-4-6-19-17(20-13)23-7-2-3-8-23/h4,6,14-15H,2-3,5,7-12H2,1H3,(H,21,26)/t14-,15+/m0/s1. The second-order valence-corrected chi connectivity index (χ2v) is 7.33. The molecular weight excluding hydrogens is 348 g/mol. The molecule has 0 spiro atoms. The molecule has 2 atom stereocenters. The van der Waals surface area contributed by atoms with Gasteiger partial charge in [0.15, 0.2) is 0 Å². The number of ether oxygens (including phenoxy) is 1. The molecule has 146 valence electrons. The van der Waals surface area contributed by atoms with E-state index in [4.69, 9.17) is 4.74 Å². The van der Waals surface area contributed by atoms with Gasteiger partial charge in [-0.05, 0) is 25.3 Å². The first kappa shape index (κ1) is 18.0. The predicted molar refractivity (Wildman–Crippen MR) is 98.3 cm³/mol. The molecule has 0 bridgehead atoms. The van der Waals surface area contributed by atoms with Crippen LogP contribution in [-0.4, -0.2) is 84.1 Å². The van der Waals surface area contributed by atoms with Crippen LogP contribution in [0.2, 0.25) is 0 Å². The normalized spacial score (nSPS) is 26.0. The van der Waals surface area contributed by atoms with Crippen LogP contribution in [-0.2, 0) is 9.53 Å². The molecule has 0 radical (unpaired) electrons. The fraction of sp³-hybridized carbons (Fsp3) is 0.667. The van der Waals surface area contributed by atoms with E-state index >= 15 is 0 Å². The van der Waals surface area contributed by atoms with E-state index in [0.717, 1.165) is 37.6 Å². The molecule has 0 aliphatic carbocycles. The smallest absolute Gasteiger partial charge is 0.318 e. The third-order valence-corrected chi connectivity index (χ3v) is 5.46. The van der Waals surface area contributed by atoms with E-state index in [-0.39, 0.29) is 18.0 Å². The van der Waals surface area contributed by atoms with Crippen molar-refractivity contribution in [3.8, 4) is 0 Å². The van der Waals surface area contributed by atoms with Crippen molar-refractivity contribution in [2.45, 2.75) is 31.4 Å². The number of carbonyl (C=O) groups is 2. The van der Waals surface area contributed by atoms with Gasteiger partial charge in [0.1, 0.15) is 12.1 Å². The largest absolute Gasteiger partial charge is 0.368 e. The van der Waals surface area contributed by atoms with Crippen molar-refractivity contribution in [1.82, 2.24) is 25.1 Å². The van der Waals surface area contributed by atoms with Gasteiger partial charge in [0.2, 0.25) is 11.9 Å². The Balaban J connectivity index is 1.40. The van der Waals surface area contributed by atoms with Gasteiger partial charge >= 0.3 is 6.03 Å². The molecule has 4 heterocycles. The number of hydrogen-bond acceptors (Lipinski definition) is 6. The first-order valence-corrected chi connectivity index (χ1v) is 9.62. The van der Waals surface area contributed by atoms with E-state index in [9.17, 15) is 9.59 Å². The minimum atomic E-state index is -0.426. The number of nitrogens with zero attached hydrogens (tertiary/aromatic N) is 5. The summed E-state index contributed by atoms with van der Waals surface area (Å²) >= 11 is 0. The number of carbonyl (C=O) groups excluding carboxylic acids is 2. The molecule has 27 heavy (non-hydrogen) atoms. The molecule has 0 unspecified atom stereocenters. The Morgan fingerprint density at radius 2 is 2.07 bits per heavy atom. The molecule has 0 saturated carbocycles. The molecule has 3 saturated heterocycles. The van der Waals surface area contributed by atoms with Gasteiger partial charge in [-0.15, -0.1) is 0 Å². The number of likely N-dealkylation sites (N-methyl/N-ethyl adjacent to an activating group) is 1. The first-order chi connectivity index (χ1) is 13.1. The molecule has 9 heteroatoms. The van der Waals surface area contributed by atoms with E-state index in [1.807, 2.05) is 6.07 Å². The first-order valence-electron chi connectivity index (χ1n) is 9.62. The Hall–Kier alpha value is -2.42. The van der Waals surface area contributed by atoms with Crippen molar-refractivity contribution < 1.29 is 14.3 Å². The summed E-state index contributed by atoms with van der Waals surface area (Å²) in [7, 11) is 1.76. The van der Waals surface area contributed by atoms with E-state index < -0.39 is 6.04 Å². The molecule has 0 aromatic carbocycles. The van der Waals surface area contributed by atoms with E-state index in [1.165, 1.54) is 0 Å². The summed E-state index contributed by atoms with van der Waals surface area (Å²) < 4.78 is 5.86. The van der Waals surface area contributed by atoms with Gasteiger partial charge in [0.25, 0.3) is 0 Å². The molecule has 3 amide bonds. The molecule has 3 fully saturated rings. The number of morpholine rings is 1. The predicted octanol–water partition coefficient (Wildman–Crippen LogP) is 0.390. The lowest BCUT2D eigenvalue weighted by Gasteiger charge is -2.33. The summed E-state index contributed by atoms with van der Waals surface area (Å²) in [6, 6.07) is 1.21. The van der Waals surface area contributed by atoms with Crippen molar-refractivity contribution in [1.29, 1.82) is 0 Å². The molecule has 1 aromatic heterocycles. The number of amides is 3. The quantitative estimate of drug-likeness (QED) is 0.823. The van der Waals surface area contributed by atoms with Gasteiger partial charge in [-0.3, -0.25) is 4.79 Å². The van der Waals surface area contributed by atoms with Crippen molar-refractivity contribution in [2.75, 3.05) is 51.3 Å². The molecule has 3 aliphatic heterocycles. The SMILES string of the molecule is CN1CC[C@H](NC(=O)N2CCO[C@@H](c3ccnc(N4CCCC4)n3)C2)C1=O. The summed E-state index contributed by atoms with van der Waals surface area (Å²) in [4.78, 5) is 39.2. The third kappa shape index (κ3) is 3.83. The maximum Gasteiger partial charge on any atom is 0.318 e. The second-order valence-electron chi connectivity index (χ2n) is 7.33. The monoisotopic (exact) mass is 374 g/mol. The Kier molecular flexibility index (Phi) is 5.11.